The number of carbonyl (C=O) groups is 1. The van der Waals surface area contributed by atoms with Crippen molar-refractivity contribution >= 4 is 17.7 Å². The lowest BCUT2D eigenvalue weighted by Gasteiger charge is -2.21. The van der Waals surface area contributed by atoms with Crippen LogP contribution in [-0.4, -0.2) is 31.1 Å². The van der Waals surface area contributed by atoms with Gasteiger partial charge in [-0.3, -0.25) is 0 Å². The van der Waals surface area contributed by atoms with Gasteiger partial charge in [-0.15, -0.1) is 0 Å². The van der Waals surface area contributed by atoms with E-state index in [0.717, 1.165) is 24.6 Å². The molecule has 0 aliphatic carbocycles. The minimum atomic E-state index is -0.258. The van der Waals surface area contributed by atoms with Gasteiger partial charge in [0, 0.05) is 6.54 Å². The van der Waals surface area contributed by atoms with Crippen LogP contribution >= 0.6 is 11.8 Å². The maximum atomic E-state index is 11.6. The second-order valence-electron chi connectivity index (χ2n) is 4.84. The number of ether oxygens (including phenoxy) is 1. The van der Waals surface area contributed by atoms with E-state index in [1.54, 1.807) is 0 Å². The lowest BCUT2D eigenvalue weighted by molar-refractivity contribution is 0.0599. The van der Waals surface area contributed by atoms with E-state index in [-0.39, 0.29) is 5.97 Å². The average molecular weight is 279 g/mol. The third kappa shape index (κ3) is 4.25. The molecule has 0 aromatic heterocycles. The Balaban J connectivity index is 1.86. The predicted octanol–water partition coefficient (Wildman–Crippen LogP) is 2.71. The maximum absolute atomic E-state index is 11.6. The largest absolute Gasteiger partial charge is 0.465 e. The first-order valence-corrected chi connectivity index (χ1v) is 7.91. The molecule has 1 aliphatic heterocycles. The zero-order chi connectivity index (χ0) is 13.5. The Morgan fingerprint density at radius 1 is 1.37 bits per heavy atom. The molecule has 1 N–H and O–H groups in total. The normalized spacial score (nSPS) is 16.3. The molecule has 1 fully saturated rings. The Morgan fingerprint density at radius 2 is 2.11 bits per heavy atom. The number of hydrogen-bond acceptors (Lipinski definition) is 4. The van der Waals surface area contributed by atoms with E-state index in [4.69, 9.17) is 4.74 Å². The summed E-state index contributed by atoms with van der Waals surface area (Å²) in [5.41, 5.74) is 1.68. The van der Waals surface area contributed by atoms with Crippen molar-refractivity contribution in [2.24, 2.45) is 5.92 Å². The SMILES string of the molecule is COC(=O)c1ccccc1CNCC1CCSCC1. The molecule has 4 heteroatoms. The molecule has 0 spiro atoms. The van der Waals surface area contributed by atoms with Crippen LogP contribution in [0.3, 0.4) is 0 Å². The number of rotatable bonds is 5. The van der Waals surface area contributed by atoms with Crippen LogP contribution < -0.4 is 5.32 Å². The summed E-state index contributed by atoms with van der Waals surface area (Å²) in [6.45, 7) is 1.77. The van der Waals surface area contributed by atoms with Gasteiger partial charge in [-0.25, -0.2) is 4.79 Å². The highest BCUT2D eigenvalue weighted by Crippen LogP contribution is 2.22. The zero-order valence-electron chi connectivity index (χ0n) is 11.4. The minimum Gasteiger partial charge on any atom is -0.465 e. The molecule has 104 valence electrons. The highest BCUT2D eigenvalue weighted by atomic mass is 32.2. The summed E-state index contributed by atoms with van der Waals surface area (Å²) in [6.07, 6.45) is 2.60. The van der Waals surface area contributed by atoms with Gasteiger partial charge in [-0.05, 0) is 48.4 Å². The Bertz CT molecular complexity index is 416. The van der Waals surface area contributed by atoms with Gasteiger partial charge in [0.15, 0.2) is 0 Å². The van der Waals surface area contributed by atoms with Gasteiger partial charge < -0.3 is 10.1 Å². The first-order chi connectivity index (χ1) is 9.31. The van der Waals surface area contributed by atoms with E-state index < -0.39 is 0 Å². The lowest BCUT2D eigenvalue weighted by Crippen LogP contribution is -2.26. The van der Waals surface area contributed by atoms with E-state index in [0.29, 0.717) is 5.56 Å². The zero-order valence-corrected chi connectivity index (χ0v) is 12.2. The Hall–Kier alpha value is -1.00. The van der Waals surface area contributed by atoms with E-state index in [2.05, 4.69) is 5.32 Å². The summed E-state index contributed by atoms with van der Waals surface area (Å²) in [6, 6.07) is 7.63. The van der Waals surface area contributed by atoms with Crippen molar-refractivity contribution in [1.82, 2.24) is 5.32 Å². The lowest BCUT2D eigenvalue weighted by atomic mass is 10.0. The molecular formula is C15H21NO2S. The molecule has 0 amide bonds. The molecule has 0 radical (unpaired) electrons. The Labute approximate surface area is 119 Å². The standard InChI is InChI=1S/C15H21NO2S/c1-18-15(17)14-5-3-2-4-13(14)11-16-10-12-6-8-19-9-7-12/h2-5,12,16H,6-11H2,1H3. The van der Waals surface area contributed by atoms with Crippen LogP contribution in [-0.2, 0) is 11.3 Å². The predicted molar refractivity (Wildman–Crippen MR) is 79.5 cm³/mol. The number of carbonyl (C=O) groups excluding carboxylic acids is 1. The summed E-state index contributed by atoms with van der Waals surface area (Å²) >= 11 is 2.05. The number of benzene rings is 1. The Morgan fingerprint density at radius 3 is 2.84 bits per heavy atom. The topological polar surface area (TPSA) is 38.3 Å². The molecular weight excluding hydrogens is 258 g/mol. The van der Waals surface area contributed by atoms with Crippen LogP contribution in [0.5, 0.6) is 0 Å². The molecule has 2 rings (SSSR count). The number of esters is 1. The van der Waals surface area contributed by atoms with Crippen molar-refractivity contribution in [2.75, 3.05) is 25.2 Å². The summed E-state index contributed by atoms with van der Waals surface area (Å²) < 4.78 is 4.80. The van der Waals surface area contributed by atoms with Crippen LogP contribution in [0.25, 0.3) is 0 Å². The third-order valence-corrected chi connectivity index (χ3v) is 4.56. The second kappa shape index (κ2) is 7.56. The second-order valence-corrected chi connectivity index (χ2v) is 6.06. The minimum absolute atomic E-state index is 0.258. The van der Waals surface area contributed by atoms with Gasteiger partial charge in [0.05, 0.1) is 12.7 Å². The molecule has 0 bridgehead atoms. The molecule has 1 saturated heterocycles. The highest BCUT2D eigenvalue weighted by Gasteiger charge is 2.14. The van der Waals surface area contributed by atoms with E-state index in [9.17, 15) is 4.79 Å². The molecule has 0 saturated carbocycles. The quantitative estimate of drug-likeness (QED) is 0.841. The van der Waals surface area contributed by atoms with Crippen LogP contribution in [0.4, 0.5) is 0 Å². The molecule has 0 atom stereocenters. The van der Waals surface area contributed by atoms with E-state index in [1.807, 2.05) is 36.0 Å². The van der Waals surface area contributed by atoms with Crippen molar-refractivity contribution in [3.05, 3.63) is 35.4 Å². The van der Waals surface area contributed by atoms with Crippen LogP contribution in [0, 0.1) is 5.92 Å². The first kappa shape index (κ1) is 14.4. The van der Waals surface area contributed by atoms with Gasteiger partial charge in [-0.1, -0.05) is 18.2 Å². The summed E-state index contributed by atoms with van der Waals surface area (Å²) in [5, 5.41) is 3.47. The van der Waals surface area contributed by atoms with E-state index >= 15 is 0 Å². The highest BCUT2D eigenvalue weighted by molar-refractivity contribution is 7.99. The maximum Gasteiger partial charge on any atom is 0.338 e. The molecule has 1 aromatic rings. The smallest absolute Gasteiger partial charge is 0.338 e. The summed E-state index contributed by atoms with van der Waals surface area (Å²) in [4.78, 5) is 11.6. The fraction of sp³-hybridized carbons (Fsp3) is 0.533. The number of methoxy groups -OCH3 is 1. The van der Waals surface area contributed by atoms with Crippen molar-refractivity contribution in [3.63, 3.8) is 0 Å². The molecule has 1 aromatic carbocycles. The van der Waals surface area contributed by atoms with Crippen LogP contribution in [0.15, 0.2) is 24.3 Å². The molecule has 1 heterocycles. The Kier molecular flexibility index (Phi) is 5.73. The number of nitrogens with one attached hydrogen (secondary N) is 1. The van der Waals surface area contributed by atoms with Gasteiger partial charge in [0.25, 0.3) is 0 Å². The van der Waals surface area contributed by atoms with Gasteiger partial charge >= 0.3 is 5.97 Å². The van der Waals surface area contributed by atoms with Gasteiger partial charge in [0.2, 0.25) is 0 Å². The van der Waals surface area contributed by atoms with Gasteiger partial charge in [0.1, 0.15) is 0 Å². The monoisotopic (exact) mass is 279 g/mol. The molecule has 1 aliphatic rings. The van der Waals surface area contributed by atoms with Crippen molar-refractivity contribution in [1.29, 1.82) is 0 Å². The van der Waals surface area contributed by atoms with Crippen LogP contribution in [0.2, 0.25) is 0 Å². The first-order valence-electron chi connectivity index (χ1n) is 6.76. The van der Waals surface area contributed by atoms with Crippen molar-refractivity contribution in [3.8, 4) is 0 Å². The van der Waals surface area contributed by atoms with Crippen LogP contribution in [0.1, 0.15) is 28.8 Å². The molecule has 19 heavy (non-hydrogen) atoms. The fourth-order valence-corrected chi connectivity index (χ4v) is 3.55. The fourth-order valence-electron chi connectivity index (χ4n) is 2.35. The van der Waals surface area contributed by atoms with Gasteiger partial charge in [-0.2, -0.15) is 11.8 Å². The third-order valence-electron chi connectivity index (χ3n) is 3.51. The average Bonchev–Trinajstić information content (AvgIpc) is 2.48. The molecule has 0 unspecified atom stereocenters. The summed E-state index contributed by atoms with van der Waals surface area (Å²) in [5.74, 6) is 3.09. The van der Waals surface area contributed by atoms with Crippen molar-refractivity contribution < 1.29 is 9.53 Å². The van der Waals surface area contributed by atoms with E-state index in [1.165, 1.54) is 31.5 Å². The number of hydrogen-bond donors (Lipinski definition) is 1. The van der Waals surface area contributed by atoms with Crippen molar-refractivity contribution in [2.45, 2.75) is 19.4 Å². The summed E-state index contributed by atoms with van der Waals surface area (Å²) in [7, 11) is 1.42. The number of thioether (sulfide) groups is 1. The molecule has 3 nitrogen and oxygen atoms in total.